The van der Waals surface area contributed by atoms with E-state index in [9.17, 15) is 4.79 Å². The van der Waals surface area contributed by atoms with Gasteiger partial charge in [-0.05, 0) is 48.9 Å². The molecule has 2 heterocycles. The molecule has 3 heteroatoms. The molecule has 6 unspecified atom stereocenters. The Morgan fingerprint density at radius 2 is 1.88 bits per heavy atom. The second kappa shape index (κ2) is 3.74. The molecular formula is C22H30O3. The molecule has 6 fully saturated rings. The summed E-state index contributed by atoms with van der Waals surface area (Å²) in [5.74, 6) is 2.21. The van der Waals surface area contributed by atoms with Crippen molar-refractivity contribution >= 4 is 5.97 Å². The average molecular weight is 342 g/mol. The van der Waals surface area contributed by atoms with E-state index in [1.54, 1.807) is 0 Å². The van der Waals surface area contributed by atoms with E-state index >= 15 is 0 Å². The van der Waals surface area contributed by atoms with Crippen LogP contribution < -0.4 is 0 Å². The van der Waals surface area contributed by atoms with E-state index in [0.29, 0.717) is 29.6 Å². The Morgan fingerprint density at radius 1 is 1.16 bits per heavy atom. The van der Waals surface area contributed by atoms with Crippen molar-refractivity contribution in [2.24, 2.45) is 45.8 Å². The highest BCUT2D eigenvalue weighted by Crippen LogP contribution is 2.82. The third kappa shape index (κ3) is 1.20. The van der Waals surface area contributed by atoms with Gasteiger partial charge in [-0.15, -0.1) is 0 Å². The molecule has 0 amide bonds. The fourth-order valence-electron chi connectivity index (χ4n) is 9.05. The van der Waals surface area contributed by atoms with Gasteiger partial charge in [-0.3, -0.25) is 4.79 Å². The smallest absolute Gasteiger partial charge is 0.315 e. The average Bonchev–Trinajstić information content (AvgIpc) is 3.24. The zero-order chi connectivity index (χ0) is 17.7. The largest absolute Gasteiger partial charge is 0.458 e. The molecule has 2 saturated heterocycles. The van der Waals surface area contributed by atoms with Gasteiger partial charge >= 0.3 is 5.97 Å². The van der Waals surface area contributed by atoms with Crippen LogP contribution in [0.15, 0.2) is 12.2 Å². The first-order valence-corrected chi connectivity index (χ1v) is 10.2. The van der Waals surface area contributed by atoms with Crippen LogP contribution in [0.1, 0.15) is 53.9 Å². The van der Waals surface area contributed by atoms with Gasteiger partial charge in [0.2, 0.25) is 0 Å². The Morgan fingerprint density at radius 3 is 2.60 bits per heavy atom. The molecule has 1 spiro atoms. The number of allylic oxidation sites excluding steroid dienone is 1. The zero-order valence-corrected chi connectivity index (χ0v) is 16.1. The number of hydrogen-bond donors (Lipinski definition) is 0. The molecule has 0 aromatic carbocycles. The topological polar surface area (TPSA) is 38.8 Å². The summed E-state index contributed by atoms with van der Waals surface area (Å²) in [4.78, 5) is 13.1. The van der Waals surface area contributed by atoms with E-state index in [4.69, 9.17) is 9.47 Å². The van der Waals surface area contributed by atoms with Crippen molar-refractivity contribution in [2.75, 3.05) is 0 Å². The lowest BCUT2D eigenvalue weighted by Crippen LogP contribution is -2.55. The molecule has 136 valence electrons. The summed E-state index contributed by atoms with van der Waals surface area (Å²) in [7, 11) is 0. The van der Waals surface area contributed by atoms with Crippen molar-refractivity contribution < 1.29 is 14.3 Å². The van der Waals surface area contributed by atoms with Crippen molar-refractivity contribution in [3.8, 4) is 0 Å². The molecule has 3 nitrogen and oxygen atoms in total. The van der Waals surface area contributed by atoms with Gasteiger partial charge in [0.1, 0.15) is 17.1 Å². The molecule has 4 saturated carbocycles. The minimum atomic E-state index is -0.438. The first kappa shape index (κ1) is 15.2. The fraction of sp³-hybridized carbons (Fsp3) is 0.864. The second-order valence-electron chi connectivity index (χ2n) is 10.9. The van der Waals surface area contributed by atoms with Crippen LogP contribution in [-0.4, -0.2) is 23.8 Å². The SMILES string of the molecule is C=C1C[C@]23C[C@@]1(C)C(C)CC2[C@]12OC(=O)[C@](C)(C4OC4C1C)C2[C@@H]3C. The Hall–Kier alpha value is -0.830. The van der Waals surface area contributed by atoms with Crippen molar-refractivity contribution in [2.45, 2.75) is 71.7 Å². The number of esters is 1. The second-order valence-corrected chi connectivity index (χ2v) is 10.9. The van der Waals surface area contributed by atoms with E-state index in [1.807, 2.05) is 0 Å². The molecule has 6 aliphatic rings. The molecule has 4 bridgehead atoms. The maximum atomic E-state index is 13.1. The van der Waals surface area contributed by atoms with Crippen LogP contribution in [-0.2, 0) is 14.3 Å². The molecule has 0 N–H and O–H groups in total. The van der Waals surface area contributed by atoms with Crippen LogP contribution in [0.5, 0.6) is 0 Å². The highest BCUT2D eigenvalue weighted by molar-refractivity contribution is 5.83. The lowest BCUT2D eigenvalue weighted by molar-refractivity contribution is -0.170. The summed E-state index contributed by atoms with van der Waals surface area (Å²) in [5, 5.41) is 0. The van der Waals surface area contributed by atoms with Crippen molar-refractivity contribution in [1.82, 2.24) is 0 Å². The number of fused-ring (bicyclic) bond motifs is 3. The lowest BCUT2D eigenvalue weighted by Gasteiger charge is -2.50. The maximum absolute atomic E-state index is 13.1. The number of ether oxygens (including phenoxy) is 2. The van der Waals surface area contributed by atoms with E-state index in [0.717, 1.165) is 6.42 Å². The standard InChI is InChI=1S/C22H30O3/c1-10-7-14-21(8-11(2)19(10,5)9-21)13(4)16-20(6)17-15(24-17)12(3)22(14,16)25-18(20)23/h10,12-17H,2,7-9H2,1,3-6H3/t10?,12?,13-,14?,15?,16?,17?,19-,20-,21+,22+/m0/s1. The Bertz CT molecular complexity index is 744. The minimum Gasteiger partial charge on any atom is -0.458 e. The molecule has 0 aromatic heterocycles. The predicted molar refractivity (Wildman–Crippen MR) is 93.6 cm³/mol. The Labute approximate surface area is 150 Å². The van der Waals surface area contributed by atoms with Gasteiger partial charge in [0.15, 0.2) is 0 Å². The maximum Gasteiger partial charge on any atom is 0.315 e. The van der Waals surface area contributed by atoms with Gasteiger partial charge in [0.25, 0.3) is 0 Å². The molecule has 25 heavy (non-hydrogen) atoms. The van der Waals surface area contributed by atoms with Crippen LogP contribution in [0.3, 0.4) is 0 Å². The summed E-state index contributed by atoms with van der Waals surface area (Å²) in [6.45, 7) is 16.2. The number of rotatable bonds is 0. The third-order valence-electron chi connectivity index (χ3n) is 10.5. The predicted octanol–water partition coefficient (Wildman–Crippen LogP) is 3.97. The number of carbonyl (C=O) groups is 1. The normalized spacial score (nSPS) is 69.1. The molecule has 4 aliphatic carbocycles. The van der Waals surface area contributed by atoms with Gasteiger partial charge in [0, 0.05) is 17.8 Å². The molecule has 6 rings (SSSR count). The van der Waals surface area contributed by atoms with Crippen molar-refractivity contribution in [1.29, 1.82) is 0 Å². The number of hydrogen-bond acceptors (Lipinski definition) is 3. The monoisotopic (exact) mass is 342 g/mol. The first-order valence-electron chi connectivity index (χ1n) is 10.2. The summed E-state index contributed by atoms with van der Waals surface area (Å²) >= 11 is 0. The molecule has 11 atom stereocenters. The Balaban J connectivity index is 1.60. The summed E-state index contributed by atoms with van der Waals surface area (Å²) in [6.07, 6.45) is 3.85. The van der Waals surface area contributed by atoms with Crippen LogP contribution >= 0.6 is 0 Å². The fourth-order valence-corrected chi connectivity index (χ4v) is 9.05. The van der Waals surface area contributed by atoms with E-state index in [2.05, 4.69) is 41.2 Å². The van der Waals surface area contributed by atoms with Gasteiger partial charge in [0.05, 0.1) is 6.10 Å². The van der Waals surface area contributed by atoms with Gasteiger partial charge < -0.3 is 9.47 Å². The van der Waals surface area contributed by atoms with Gasteiger partial charge in [-0.25, -0.2) is 0 Å². The van der Waals surface area contributed by atoms with Crippen LogP contribution in [0, 0.1) is 45.8 Å². The van der Waals surface area contributed by atoms with E-state index < -0.39 is 5.41 Å². The first-order chi connectivity index (χ1) is 11.6. The summed E-state index contributed by atoms with van der Waals surface area (Å²) in [5.41, 5.74) is 1.25. The lowest BCUT2D eigenvalue weighted by atomic mass is 9.55. The Kier molecular flexibility index (Phi) is 2.28. The summed E-state index contributed by atoms with van der Waals surface area (Å²) in [6, 6.07) is 0. The van der Waals surface area contributed by atoms with E-state index in [1.165, 1.54) is 18.4 Å². The zero-order valence-electron chi connectivity index (χ0n) is 16.1. The third-order valence-corrected chi connectivity index (χ3v) is 10.5. The van der Waals surface area contributed by atoms with Gasteiger partial charge in [-0.2, -0.15) is 0 Å². The number of carbonyl (C=O) groups excluding carboxylic acids is 1. The minimum absolute atomic E-state index is 0.0221. The highest BCUT2D eigenvalue weighted by atomic mass is 16.6. The van der Waals surface area contributed by atoms with Crippen LogP contribution in [0.25, 0.3) is 0 Å². The quantitative estimate of drug-likeness (QED) is 0.380. The van der Waals surface area contributed by atoms with Crippen molar-refractivity contribution in [3.05, 3.63) is 12.2 Å². The molecule has 0 radical (unpaired) electrons. The van der Waals surface area contributed by atoms with Crippen LogP contribution in [0.4, 0.5) is 0 Å². The van der Waals surface area contributed by atoms with Crippen molar-refractivity contribution in [3.63, 3.8) is 0 Å². The number of epoxide rings is 1. The summed E-state index contributed by atoms with van der Waals surface area (Å²) < 4.78 is 12.5. The van der Waals surface area contributed by atoms with E-state index in [-0.39, 0.29) is 34.6 Å². The van der Waals surface area contributed by atoms with Crippen LogP contribution in [0.2, 0.25) is 0 Å². The molecule has 2 aliphatic heterocycles. The molecular weight excluding hydrogens is 312 g/mol. The van der Waals surface area contributed by atoms with Gasteiger partial charge in [-0.1, -0.05) is 39.8 Å². The molecule has 0 aromatic rings. The highest BCUT2D eigenvalue weighted by Gasteiger charge is 2.88.